The van der Waals surface area contributed by atoms with Gasteiger partial charge in [0.1, 0.15) is 12.4 Å². The number of carbonyl (C=O) groups excluding carboxylic acids is 3. The summed E-state index contributed by atoms with van der Waals surface area (Å²) in [6.07, 6.45) is -1.93. The second kappa shape index (κ2) is 13.5. The lowest BCUT2D eigenvalue weighted by molar-refractivity contribution is -0.116. The van der Waals surface area contributed by atoms with E-state index in [9.17, 15) is 14.4 Å². The third-order valence-corrected chi connectivity index (χ3v) is 20.3. The van der Waals surface area contributed by atoms with Crippen LogP contribution in [-0.4, -0.2) is 75.6 Å². The second-order valence-electron chi connectivity index (χ2n) is 14.5. The molecule has 9 nitrogen and oxygen atoms in total. The van der Waals surface area contributed by atoms with Crippen LogP contribution in [0.25, 0.3) is 0 Å². The Morgan fingerprint density at radius 3 is 2.00 bits per heavy atom. The van der Waals surface area contributed by atoms with Crippen LogP contribution in [0.1, 0.15) is 79.1 Å². The van der Waals surface area contributed by atoms with Gasteiger partial charge in [-0.05, 0) is 40.8 Å². The summed E-state index contributed by atoms with van der Waals surface area (Å²) in [6.45, 7) is 22.7. The van der Waals surface area contributed by atoms with Crippen molar-refractivity contribution in [2.24, 2.45) is 0 Å². The molecule has 2 aliphatic heterocycles. The summed E-state index contributed by atoms with van der Waals surface area (Å²) in [7, 11) is -3.64. The fourth-order valence-electron chi connectivity index (χ4n) is 6.38. The lowest BCUT2D eigenvalue weighted by Gasteiger charge is -2.44. The van der Waals surface area contributed by atoms with Gasteiger partial charge in [0.05, 0.1) is 30.9 Å². The first kappa shape index (κ1) is 37.9. The Morgan fingerprint density at radius 1 is 0.978 bits per heavy atom. The third kappa shape index (κ3) is 7.64. The van der Waals surface area contributed by atoms with E-state index in [-0.39, 0.29) is 51.7 Å². The first-order valence-electron chi connectivity index (χ1n) is 15.4. The zero-order chi connectivity index (χ0) is 34.4. The summed E-state index contributed by atoms with van der Waals surface area (Å²) >= 11 is 17.9. The Balaban J connectivity index is 2.37. The van der Waals surface area contributed by atoms with Crippen molar-refractivity contribution in [1.82, 2.24) is 4.90 Å². The van der Waals surface area contributed by atoms with E-state index in [0.29, 0.717) is 11.5 Å². The van der Waals surface area contributed by atoms with Crippen LogP contribution in [0.2, 0.25) is 34.8 Å². The summed E-state index contributed by atoms with van der Waals surface area (Å²) in [5.74, 6) is 0.201. The van der Waals surface area contributed by atoms with E-state index in [0.717, 1.165) is 0 Å². The smallest absolute Gasteiger partial charge is 0.416 e. The van der Waals surface area contributed by atoms with Crippen molar-refractivity contribution in [2.45, 2.75) is 120 Å². The Bertz CT molecular complexity index is 1270. The van der Waals surface area contributed by atoms with Gasteiger partial charge in [-0.15, -0.1) is 0 Å². The van der Waals surface area contributed by atoms with E-state index in [1.165, 1.54) is 16.9 Å². The van der Waals surface area contributed by atoms with Crippen molar-refractivity contribution in [2.75, 3.05) is 25.2 Å². The van der Waals surface area contributed by atoms with Crippen molar-refractivity contribution in [1.29, 1.82) is 0 Å². The minimum Gasteiger partial charge on any atom is -0.540 e. The van der Waals surface area contributed by atoms with Crippen molar-refractivity contribution in [3.8, 4) is 11.5 Å². The molecular weight excluding hydrogens is 675 g/mol. The second-order valence-corrected chi connectivity index (χ2v) is 27.1. The Kier molecular flexibility index (Phi) is 11.4. The number of methoxy groups -OCH3 is 1. The maximum absolute atomic E-state index is 14.2. The topological polar surface area (TPSA) is 94.6 Å². The number of ether oxygens (including phenoxy) is 2. The van der Waals surface area contributed by atoms with Gasteiger partial charge >= 0.3 is 6.09 Å². The molecule has 0 radical (unpaired) electrons. The number of Topliss-reactive ketones (excluding diaryl/α,β-unsaturated/α-hetero) is 1. The van der Waals surface area contributed by atoms with Gasteiger partial charge in [-0.3, -0.25) is 9.59 Å². The van der Waals surface area contributed by atoms with E-state index >= 15 is 0 Å². The number of amides is 2. The minimum absolute atomic E-state index is 0.0117. The number of anilines is 1. The molecule has 2 heterocycles. The van der Waals surface area contributed by atoms with Crippen LogP contribution in [0.5, 0.6) is 11.5 Å². The molecule has 2 amide bonds. The van der Waals surface area contributed by atoms with Crippen LogP contribution in [0.4, 0.5) is 10.5 Å². The summed E-state index contributed by atoms with van der Waals surface area (Å²) in [5.41, 5.74) is 1.07. The average molecular weight is 724 g/mol. The molecule has 1 fully saturated rings. The molecule has 1 saturated heterocycles. The molecule has 3 rings (SSSR count). The van der Waals surface area contributed by atoms with Crippen LogP contribution < -0.4 is 14.1 Å². The van der Waals surface area contributed by atoms with Crippen LogP contribution >= 0.6 is 34.8 Å². The summed E-state index contributed by atoms with van der Waals surface area (Å²) in [5, 5.41) is -0.266. The standard InChI is InChI=1S/C31H49Cl3N2O7Si2/c1-18(2)45(19(3)4,20(5)6)42-26-15-23-22(14-25(26)40-10)27(38)35-16-21(37)13-24(35)28(43-44(11,12)30(7,8)9)36(23)29(39)41-17-31(32,33)34/h14-15,18-20,24,28H,13,16-17H2,1-12H3/t24-,28?/m0/s1. The quantitative estimate of drug-likeness (QED) is 0.186. The molecule has 0 spiro atoms. The van der Waals surface area contributed by atoms with Gasteiger partial charge in [0.2, 0.25) is 3.79 Å². The van der Waals surface area contributed by atoms with Crippen LogP contribution in [0, 0.1) is 0 Å². The van der Waals surface area contributed by atoms with Crippen molar-refractivity contribution >= 4 is 74.9 Å². The minimum atomic E-state index is -2.63. The molecule has 2 atom stereocenters. The van der Waals surface area contributed by atoms with E-state index in [4.69, 9.17) is 53.1 Å². The van der Waals surface area contributed by atoms with Gasteiger partial charge in [-0.2, -0.15) is 0 Å². The zero-order valence-corrected chi connectivity index (χ0v) is 32.8. The molecule has 14 heteroatoms. The normalized spacial score (nSPS) is 19.7. The van der Waals surface area contributed by atoms with E-state index < -0.39 is 51.3 Å². The number of halogens is 3. The maximum Gasteiger partial charge on any atom is 0.416 e. The monoisotopic (exact) mass is 722 g/mol. The predicted octanol–water partition coefficient (Wildman–Crippen LogP) is 8.71. The third-order valence-electron chi connectivity index (χ3n) is 9.57. The molecule has 0 aliphatic carbocycles. The highest BCUT2D eigenvalue weighted by Gasteiger charge is 2.53. The largest absolute Gasteiger partial charge is 0.540 e. The van der Waals surface area contributed by atoms with Gasteiger partial charge in [-0.25, -0.2) is 9.69 Å². The number of alkyl halides is 3. The molecule has 0 bridgehead atoms. The Morgan fingerprint density at radius 2 is 1.53 bits per heavy atom. The van der Waals surface area contributed by atoms with Crippen LogP contribution in [0.15, 0.2) is 12.1 Å². The van der Waals surface area contributed by atoms with Crippen molar-refractivity contribution in [3.05, 3.63) is 17.7 Å². The highest BCUT2D eigenvalue weighted by atomic mass is 35.6. The first-order valence-corrected chi connectivity index (χ1v) is 21.6. The number of hydrogen-bond acceptors (Lipinski definition) is 7. The number of fused-ring (bicyclic) bond motifs is 2. The number of benzene rings is 1. The van der Waals surface area contributed by atoms with Gasteiger partial charge in [0.25, 0.3) is 14.2 Å². The van der Waals surface area contributed by atoms with Crippen molar-refractivity contribution in [3.63, 3.8) is 0 Å². The fraction of sp³-hybridized carbons (Fsp3) is 0.710. The van der Waals surface area contributed by atoms with Crippen LogP contribution in [-0.2, 0) is 14.0 Å². The average Bonchev–Trinajstić information content (AvgIpc) is 3.26. The molecule has 45 heavy (non-hydrogen) atoms. The van der Waals surface area contributed by atoms with Crippen molar-refractivity contribution < 1.29 is 32.7 Å². The maximum atomic E-state index is 14.2. The molecule has 2 aliphatic rings. The summed E-state index contributed by atoms with van der Waals surface area (Å²) < 4.78 is 23.5. The molecule has 0 N–H and O–H groups in total. The first-order chi connectivity index (χ1) is 20.5. The number of ketones is 1. The lowest BCUT2D eigenvalue weighted by atomic mass is 10.1. The molecule has 1 aromatic carbocycles. The molecule has 1 unspecified atom stereocenters. The predicted molar refractivity (Wildman–Crippen MR) is 185 cm³/mol. The SMILES string of the molecule is COc1cc2c(cc1O[Si](C(C)C)(C(C)C)C(C)C)N(C(=O)OCC(Cl)(Cl)Cl)C(O[Si](C)(C)C(C)(C)C)[C@@H]1CC(=O)CN1C2=O. The van der Waals surface area contributed by atoms with Crippen LogP contribution in [0.3, 0.4) is 0 Å². The highest BCUT2D eigenvalue weighted by molar-refractivity contribution is 6.78. The molecule has 254 valence electrons. The lowest BCUT2D eigenvalue weighted by Crippen LogP contribution is -2.58. The fourth-order valence-corrected chi connectivity index (χ4v) is 13.0. The summed E-state index contributed by atoms with van der Waals surface area (Å²) in [6, 6.07) is 2.48. The number of rotatable bonds is 9. The van der Waals surface area contributed by atoms with Gasteiger partial charge in [-0.1, -0.05) is 97.1 Å². The zero-order valence-electron chi connectivity index (χ0n) is 28.5. The number of carbonyl (C=O) groups is 3. The Hall–Kier alpha value is -1.51. The highest BCUT2D eigenvalue weighted by Crippen LogP contribution is 2.49. The molecular formula is C31H49Cl3N2O7Si2. The molecule has 0 saturated carbocycles. The van der Waals surface area contributed by atoms with E-state index in [1.807, 2.05) is 13.1 Å². The van der Waals surface area contributed by atoms with E-state index in [1.54, 1.807) is 12.1 Å². The van der Waals surface area contributed by atoms with E-state index in [2.05, 4.69) is 62.3 Å². The molecule has 1 aromatic rings. The van der Waals surface area contributed by atoms with Gasteiger partial charge < -0.3 is 23.2 Å². The number of nitrogens with zero attached hydrogens (tertiary/aromatic N) is 2. The van der Waals surface area contributed by atoms with Gasteiger partial charge in [0.15, 0.2) is 26.1 Å². The Labute approximate surface area is 285 Å². The van der Waals surface area contributed by atoms with Gasteiger partial charge in [0, 0.05) is 12.5 Å². The summed E-state index contributed by atoms with van der Waals surface area (Å²) in [4.78, 5) is 44.1. The number of hydrogen-bond donors (Lipinski definition) is 0. The molecule has 0 aromatic heterocycles.